The molecule has 0 saturated heterocycles. The van der Waals surface area contributed by atoms with E-state index >= 15 is 0 Å². The number of rotatable bonds is 23. The van der Waals surface area contributed by atoms with E-state index in [-0.39, 0.29) is 22.1 Å². The van der Waals surface area contributed by atoms with Gasteiger partial charge >= 0.3 is 5.97 Å². The highest BCUT2D eigenvalue weighted by Crippen LogP contribution is 2.32. The fourth-order valence-electron chi connectivity index (χ4n) is 4.99. The maximum Gasteiger partial charge on any atom is 0.305 e. The Bertz CT molecular complexity index is 750. The van der Waals surface area contributed by atoms with Crippen LogP contribution in [0.15, 0.2) is 24.3 Å². The first kappa shape index (κ1) is 39.6. The van der Waals surface area contributed by atoms with Gasteiger partial charge in [0, 0.05) is 29.6 Å². The molecular formula is C33H61IO4Si2. The number of ether oxygens (including phenoxy) is 1. The third kappa shape index (κ3) is 16.3. The quantitative estimate of drug-likeness (QED) is 0.0202. The van der Waals surface area contributed by atoms with Gasteiger partial charge < -0.3 is 13.6 Å². The van der Waals surface area contributed by atoms with Crippen LogP contribution in [-0.4, -0.2) is 45.8 Å². The van der Waals surface area contributed by atoms with Gasteiger partial charge in [0.1, 0.15) is 0 Å². The van der Waals surface area contributed by atoms with Crippen molar-refractivity contribution in [3.63, 3.8) is 0 Å². The predicted molar refractivity (Wildman–Crippen MR) is 187 cm³/mol. The molecule has 0 fully saturated rings. The highest BCUT2D eigenvalue weighted by atomic mass is 127. The Balaban J connectivity index is 5.88. The summed E-state index contributed by atoms with van der Waals surface area (Å²) in [7, 11) is -2.17. The summed E-state index contributed by atoms with van der Waals surface area (Å²) >= 11 is 2.57. The van der Waals surface area contributed by atoms with E-state index in [0.29, 0.717) is 6.42 Å². The third-order valence-electron chi connectivity index (χ3n) is 8.42. The summed E-state index contributed by atoms with van der Waals surface area (Å²) in [6, 6.07) is 6.84. The van der Waals surface area contributed by atoms with Crippen LogP contribution in [0.2, 0.25) is 36.3 Å². The van der Waals surface area contributed by atoms with Gasteiger partial charge in [0.2, 0.25) is 0 Å². The second-order valence-corrected chi connectivity index (χ2v) is 21.9. The Labute approximate surface area is 264 Å². The molecule has 0 heterocycles. The van der Waals surface area contributed by atoms with Crippen molar-refractivity contribution in [2.75, 3.05) is 7.11 Å². The molecule has 4 nitrogen and oxygen atoms in total. The predicted octanol–water partition coefficient (Wildman–Crippen LogP) is 10.4. The van der Waals surface area contributed by atoms with Crippen molar-refractivity contribution in [1.29, 1.82) is 0 Å². The first-order chi connectivity index (χ1) is 19.2. The molecule has 1 unspecified atom stereocenters. The molecular weight excluding hydrogens is 643 g/mol. The standard InChI is InChI=1S/C33H61IO4Si2/c1-9-16-17-18-19-20-23-26-30(37-39(10-2,11-3)12-4)29-32(38-40(13-5,14-6)15-7)31(34)27-24-21-22-25-28-33(35)36-8/h19-20,23,26,30-32H,9-18,22,25,27-29H2,1-8H3/b20-19+,26-23+/t30-,31?,32-/m0/s1. The molecule has 0 amide bonds. The van der Waals surface area contributed by atoms with E-state index in [1.165, 1.54) is 26.4 Å². The second-order valence-electron chi connectivity index (χ2n) is 10.8. The molecule has 0 N–H and O–H groups in total. The van der Waals surface area contributed by atoms with Crippen LogP contribution in [0.5, 0.6) is 0 Å². The summed E-state index contributed by atoms with van der Waals surface area (Å²) in [5.41, 5.74) is 0. The first-order valence-electron chi connectivity index (χ1n) is 16.1. The van der Waals surface area contributed by atoms with Gasteiger partial charge in [-0.2, -0.15) is 0 Å². The molecule has 232 valence electrons. The van der Waals surface area contributed by atoms with Crippen molar-refractivity contribution in [1.82, 2.24) is 0 Å². The average Bonchev–Trinajstić information content (AvgIpc) is 2.98. The number of hydrogen-bond donors (Lipinski definition) is 0. The summed E-state index contributed by atoms with van der Waals surface area (Å²) in [5, 5.41) is 0. The lowest BCUT2D eigenvalue weighted by Crippen LogP contribution is -2.46. The van der Waals surface area contributed by atoms with Crippen LogP contribution in [0.4, 0.5) is 0 Å². The van der Waals surface area contributed by atoms with Crippen LogP contribution in [0, 0.1) is 11.8 Å². The molecule has 0 aromatic carbocycles. The zero-order valence-electron chi connectivity index (χ0n) is 27.2. The molecule has 0 aromatic rings. The monoisotopic (exact) mass is 704 g/mol. The van der Waals surface area contributed by atoms with E-state index in [4.69, 9.17) is 13.6 Å². The molecule has 0 aliphatic carbocycles. The largest absolute Gasteiger partial charge is 0.469 e. The van der Waals surface area contributed by atoms with Crippen molar-refractivity contribution >= 4 is 45.2 Å². The molecule has 40 heavy (non-hydrogen) atoms. The normalized spacial score (nSPS) is 14.7. The fourth-order valence-corrected chi connectivity index (χ4v) is 11.7. The smallest absolute Gasteiger partial charge is 0.305 e. The molecule has 7 heteroatoms. The molecule has 0 aromatic heterocycles. The fraction of sp³-hybridized carbons (Fsp3) is 0.788. The van der Waals surface area contributed by atoms with Crippen molar-refractivity contribution in [2.45, 2.75) is 159 Å². The summed E-state index contributed by atoms with van der Waals surface area (Å²) in [6.07, 6.45) is 17.7. The minimum atomic E-state index is -1.81. The van der Waals surface area contributed by atoms with Crippen molar-refractivity contribution < 1.29 is 18.4 Å². The van der Waals surface area contributed by atoms with Crippen LogP contribution >= 0.6 is 22.6 Å². The van der Waals surface area contributed by atoms with Gasteiger partial charge in [-0.3, -0.25) is 4.79 Å². The van der Waals surface area contributed by atoms with Gasteiger partial charge in [-0.25, -0.2) is 0 Å². The lowest BCUT2D eigenvalue weighted by molar-refractivity contribution is -0.140. The topological polar surface area (TPSA) is 44.8 Å². The number of carbonyl (C=O) groups is 1. The van der Waals surface area contributed by atoms with Crippen molar-refractivity contribution in [3.05, 3.63) is 24.3 Å². The Morgan fingerprint density at radius 3 is 1.98 bits per heavy atom. The Hall–Kier alpha value is -0.406. The number of hydrogen-bond acceptors (Lipinski definition) is 4. The van der Waals surface area contributed by atoms with E-state index in [1.54, 1.807) is 0 Å². The number of unbranched alkanes of at least 4 members (excludes halogenated alkanes) is 4. The molecule has 0 radical (unpaired) electrons. The number of alkyl halides is 1. The third-order valence-corrected chi connectivity index (χ3v) is 19.0. The second kappa shape index (κ2) is 24.1. The maximum atomic E-state index is 11.4. The summed E-state index contributed by atoms with van der Waals surface area (Å²) < 4.78 is 19.3. The molecule has 0 saturated carbocycles. The zero-order chi connectivity index (χ0) is 30.3. The average molecular weight is 705 g/mol. The Morgan fingerprint density at radius 2 is 1.43 bits per heavy atom. The maximum absolute atomic E-state index is 11.4. The van der Waals surface area contributed by atoms with Crippen LogP contribution in [-0.2, 0) is 18.4 Å². The number of carbonyl (C=O) groups excluding carboxylic acids is 1. The number of halogens is 1. The molecule has 3 atom stereocenters. The number of allylic oxidation sites excluding steroid dienone is 3. The highest BCUT2D eigenvalue weighted by Gasteiger charge is 2.37. The number of esters is 1. The summed E-state index contributed by atoms with van der Waals surface area (Å²) in [5.74, 6) is 6.51. The molecule has 0 aliphatic heterocycles. The minimum Gasteiger partial charge on any atom is -0.469 e. The van der Waals surface area contributed by atoms with E-state index < -0.39 is 16.6 Å². The van der Waals surface area contributed by atoms with Crippen molar-refractivity contribution in [2.24, 2.45) is 0 Å². The van der Waals surface area contributed by atoms with E-state index in [2.05, 4.69) is 107 Å². The van der Waals surface area contributed by atoms with E-state index in [1.807, 2.05) is 0 Å². The van der Waals surface area contributed by atoms with Crippen LogP contribution in [0.1, 0.15) is 106 Å². The minimum absolute atomic E-state index is 0.0550. The number of methoxy groups -OCH3 is 1. The van der Waals surface area contributed by atoms with Gasteiger partial charge in [0.05, 0.1) is 19.3 Å². The van der Waals surface area contributed by atoms with E-state index in [9.17, 15) is 4.79 Å². The highest BCUT2D eigenvalue weighted by molar-refractivity contribution is 14.1. The first-order valence-corrected chi connectivity index (χ1v) is 22.4. The Morgan fingerprint density at radius 1 is 0.825 bits per heavy atom. The molecule has 0 rings (SSSR count). The van der Waals surface area contributed by atoms with Crippen molar-refractivity contribution in [3.8, 4) is 11.8 Å². The SMILES string of the molecule is CCCCC/C=C/C=C/[C@@H](C[C@H](O[Si](CC)(CC)CC)C(I)CC#CCCCC(=O)OC)O[Si](CC)(CC)CC. The van der Waals surface area contributed by atoms with Crippen LogP contribution < -0.4 is 0 Å². The van der Waals surface area contributed by atoms with Crippen LogP contribution in [0.3, 0.4) is 0 Å². The van der Waals surface area contributed by atoms with E-state index in [0.717, 1.165) is 68.4 Å². The molecule has 0 bridgehead atoms. The van der Waals surface area contributed by atoms with Crippen LogP contribution in [0.25, 0.3) is 0 Å². The zero-order valence-corrected chi connectivity index (χ0v) is 31.3. The van der Waals surface area contributed by atoms with Gasteiger partial charge in [-0.05, 0) is 55.5 Å². The lowest BCUT2D eigenvalue weighted by Gasteiger charge is -2.38. The summed E-state index contributed by atoms with van der Waals surface area (Å²) in [6.45, 7) is 16.1. The Kier molecular flexibility index (Phi) is 23.8. The van der Waals surface area contributed by atoms with Gasteiger partial charge in [-0.15, -0.1) is 11.8 Å². The molecule has 0 spiro atoms. The lowest BCUT2D eigenvalue weighted by atomic mass is 10.1. The van der Waals surface area contributed by atoms with Gasteiger partial charge in [0.25, 0.3) is 0 Å². The summed E-state index contributed by atoms with van der Waals surface area (Å²) in [4.78, 5) is 11.4. The molecule has 0 aliphatic rings. The van der Waals surface area contributed by atoms with Gasteiger partial charge in [0.15, 0.2) is 16.6 Å². The van der Waals surface area contributed by atoms with Gasteiger partial charge in [-0.1, -0.05) is 108 Å².